The van der Waals surface area contributed by atoms with Gasteiger partial charge in [0.25, 0.3) is 0 Å². The number of rotatable bonds is 2. The predicted molar refractivity (Wildman–Crippen MR) is 69.3 cm³/mol. The van der Waals surface area contributed by atoms with Gasteiger partial charge in [-0.05, 0) is 17.7 Å². The third kappa shape index (κ3) is 3.37. The fourth-order valence-electron chi connectivity index (χ4n) is 1.53. The van der Waals surface area contributed by atoms with Gasteiger partial charge in [-0.3, -0.25) is 4.98 Å². The van der Waals surface area contributed by atoms with E-state index in [4.69, 9.17) is 5.73 Å². The fraction of sp³-hybridized carbons (Fsp3) is 0.167. The predicted octanol–water partition coefficient (Wildman–Crippen LogP) is 2.75. The maximum Gasteiger partial charge on any atom is 0.434 e. The molecule has 2 aromatic rings. The third-order valence-corrected chi connectivity index (χ3v) is 2.51. The van der Waals surface area contributed by atoms with Gasteiger partial charge < -0.3 is 10.8 Å². The molecule has 108 valence electrons. The van der Waals surface area contributed by atoms with Crippen molar-refractivity contribution in [2.45, 2.75) is 12.7 Å². The van der Waals surface area contributed by atoms with E-state index < -0.39 is 11.9 Å². The fourth-order valence-corrected chi connectivity index (χ4v) is 1.53. The molecule has 1 heterocycles. The van der Waals surface area contributed by atoms with E-state index in [0.29, 0.717) is 11.8 Å². The van der Waals surface area contributed by atoms with Crippen LogP contribution in [0.4, 0.5) is 13.2 Å². The largest absolute Gasteiger partial charge is 0.507 e. The Morgan fingerprint density at radius 1 is 1.15 bits per heavy atom. The van der Waals surface area contributed by atoms with E-state index in [1.165, 1.54) is 6.07 Å². The highest BCUT2D eigenvalue weighted by Gasteiger charge is 2.32. The molecule has 0 radical (unpaired) electrons. The van der Waals surface area contributed by atoms with Gasteiger partial charge >= 0.3 is 6.18 Å². The summed E-state index contributed by atoms with van der Waals surface area (Å²) < 4.78 is 37.1. The van der Waals surface area contributed by atoms with Gasteiger partial charge in [-0.15, -0.1) is 12.4 Å². The van der Waals surface area contributed by atoms with Crippen molar-refractivity contribution < 1.29 is 18.3 Å². The van der Waals surface area contributed by atoms with Crippen molar-refractivity contribution in [2.75, 3.05) is 0 Å². The molecular weight excluding hydrogens is 295 g/mol. The molecule has 0 aliphatic rings. The van der Waals surface area contributed by atoms with Gasteiger partial charge in [0.1, 0.15) is 5.75 Å². The van der Waals surface area contributed by atoms with Gasteiger partial charge in [-0.1, -0.05) is 6.07 Å². The Balaban J connectivity index is 0.00000200. The molecule has 0 bridgehead atoms. The van der Waals surface area contributed by atoms with Crippen LogP contribution in [0.5, 0.6) is 5.75 Å². The summed E-state index contributed by atoms with van der Waals surface area (Å²) in [7, 11) is 0. The Morgan fingerprint density at radius 2 is 1.85 bits per heavy atom. The lowest BCUT2D eigenvalue weighted by molar-refractivity contribution is -0.141. The molecule has 0 unspecified atom stereocenters. The summed E-state index contributed by atoms with van der Waals surface area (Å²) in [6.07, 6.45) is -2.94. The molecule has 0 spiro atoms. The number of phenolic OH excluding ortho intramolecular Hbond substituents is 1. The first-order chi connectivity index (χ1) is 8.91. The lowest BCUT2D eigenvalue weighted by atomic mass is 10.1. The van der Waals surface area contributed by atoms with Crippen molar-refractivity contribution in [2.24, 2.45) is 5.73 Å². The lowest BCUT2D eigenvalue weighted by Crippen LogP contribution is -2.08. The Labute approximate surface area is 118 Å². The van der Waals surface area contributed by atoms with Gasteiger partial charge in [0.15, 0.2) is 5.69 Å². The molecule has 4 nitrogen and oxygen atoms in total. The molecule has 0 aliphatic heterocycles. The molecule has 0 saturated carbocycles. The standard InChI is InChI=1S/C12H10F3N3O.ClH/c13-12(14,15)11-6-17-9(5-18-11)8-3-7(4-16)1-2-10(8)19;/h1-3,5-6,19H,4,16H2;1H. The Kier molecular flexibility index (Phi) is 4.91. The van der Waals surface area contributed by atoms with Crippen LogP contribution < -0.4 is 5.73 Å². The van der Waals surface area contributed by atoms with E-state index in [-0.39, 0.29) is 30.4 Å². The van der Waals surface area contributed by atoms with Crippen LogP contribution in [0.25, 0.3) is 11.3 Å². The first-order valence-electron chi connectivity index (χ1n) is 5.33. The smallest absolute Gasteiger partial charge is 0.434 e. The average molecular weight is 306 g/mol. The van der Waals surface area contributed by atoms with Gasteiger partial charge in [0.05, 0.1) is 18.1 Å². The minimum Gasteiger partial charge on any atom is -0.507 e. The van der Waals surface area contributed by atoms with Crippen molar-refractivity contribution >= 4 is 12.4 Å². The van der Waals surface area contributed by atoms with Crippen molar-refractivity contribution in [1.29, 1.82) is 0 Å². The Morgan fingerprint density at radius 3 is 2.35 bits per heavy atom. The van der Waals surface area contributed by atoms with Gasteiger partial charge in [-0.2, -0.15) is 13.2 Å². The Hall–Kier alpha value is -1.86. The molecule has 0 fully saturated rings. The third-order valence-electron chi connectivity index (χ3n) is 2.51. The monoisotopic (exact) mass is 305 g/mol. The van der Waals surface area contributed by atoms with E-state index in [0.717, 1.165) is 11.8 Å². The van der Waals surface area contributed by atoms with Crippen LogP contribution in [-0.4, -0.2) is 15.1 Å². The first-order valence-corrected chi connectivity index (χ1v) is 5.33. The Bertz CT molecular complexity index is 587. The number of aromatic nitrogens is 2. The molecule has 1 aromatic carbocycles. The maximum absolute atomic E-state index is 12.4. The van der Waals surface area contributed by atoms with Crippen LogP contribution in [0.1, 0.15) is 11.3 Å². The molecule has 0 atom stereocenters. The van der Waals surface area contributed by atoms with Crippen LogP contribution in [0.3, 0.4) is 0 Å². The van der Waals surface area contributed by atoms with Gasteiger partial charge in [-0.25, -0.2) is 4.98 Å². The van der Waals surface area contributed by atoms with Gasteiger partial charge in [0.2, 0.25) is 0 Å². The number of hydrogen-bond acceptors (Lipinski definition) is 4. The highest BCUT2D eigenvalue weighted by Crippen LogP contribution is 2.31. The van der Waals surface area contributed by atoms with E-state index >= 15 is 0 Å². The second-order valence-electron chi connectivity index (χ2n) is 3.84. The molecular formula is C12H11ClF3N3O. The number of nitrogens with two attached hydrogens (primary N) is 1. The van der Waals surface area contributed by atoms with Crippen LogP contribution in [-0.2, 0) is 12.7 Å². The van der Waals surface area contributed by atoms with Crippen molar-refractivity contribution in [3.8, 4) is 17.0 Å². The zero-order valence-electron chi connectivity index (χ0n) is 10.1. The van der Waals surface area contributed by atoms with Crippen molar-refractivity contribution in [1.82, 2.24) is 9.97 Å². The number of alkyl halides is 3. The molecule has 8 heteroatoms. The number of hydrogen-bond donors (Lipinski definition) is 2. The van der Waals surface area contributed by atoms with Crippen molar-refractivity contribution in [3.63, 3.8) is 0 Å². The number of phenols is 1. The summed E-state index contributed by atoms with van der Waals surface area (Å²) in [6, 6.07) is 4.60. The number of aromatic hydroxyl groups is 1. The summed E-state index contributed by atoms with van der Waals surface area (Å²) in [5.41, 5.74) is 5.56. The normalized spacial score (nSPS) is 11.0. The molecule has 0 saturated heterocycles. The average Bonchev–Trinajstić information content (AvgIpc) is 2.38. The summed E-state index contributed by atoms with van der Waals surface area (Å²) in [6.45, 7) is 0.251. The van der Waals surface area contributed by atoms with E-state index in [9.17, 15) is 18.3 Å². The number of nitrogens with zero attached hydrogens (tertiary/aromatic N) is 2. The van der Waals surface area contributed by atoms with E-state index in [1.54, 1.807) is 12.1 Å². The summed E-state index contributed by atoms with van der Waals surface area (Å²) >= 11 is 0. The highest BCUT2D eigenvalue weighted by atomic mass is 35.5. The molecule has 20 heavy (non-hydrogen) atoms. The van der Waals surface area contributed by atoms with E-state index in [2.05, 4.69) is 9.97 Å². The second kappa shape index (κ2) is 6.06. The minimum atomic E-state index is -4.54. The molecule has 0 aliphatic carbocycles. The van der Waals surface area contributed by atoms with E-state index in [1.807, 2.05) is 0 Å². The topological polar surface area (TPSA) is 72.0 Å². The maximum atomic E-state index is 12.4. The van der Waals surface area contributed by atoms with Crippen LogP contribution in [0.2, 0.25) is 0 Å². The van der Waals surface area contributed by atoms with Crippen LogP contribution >= 0.6 is 12.4 Å². The molecule has 3 N–H and O–H groups in total. The van der Waals surface area contributed by atoms with Gasteiger partial charge in [0, 0.05) is 12.1 Å². The van der Waals surface area contributed by atoms with Crippen LogP contribution in [0.15, 0.2) is 30.6 Å². The molecule has 2 rings (SSSR count). The first kappa shape index (κ1) is 16.2. The number of halogens is 4. The highest BCUT2D eigenvalue weighted by molar-refractivity contribution is 5.85. The van der Waals surface area contributed by atoms with Crippen molar-refractivity contribution in [3.05, 3.63) is 41.9 Å². The zero-order valence-corrected chi connectivity index (χ0v) is 10.9. The van der Waals surface area contributed by atoms with Crippen LogP contribution in [0, 0.1) is 0 Å². The molecule has 1 aromatic heterocycles. The second-order valence-corrected chi connectivity index (χ2v) is 3.84. The quantitative estimate of drug-likeness (QED) is 0.895. The summed E-state index contributed by atoms with van der Waals surface area (Å²) in [5.74, 6) is -0.0914. The minimum absolute atomic E-state index is 0. The molecule has 0 amide bonds. The lowest BCUT2D eigenvalue weighted by Gasteiger charge is -2.08. The number of benzene rings is 1. The zero-order chi connectivity index (χ0) is 14.0. The summed E-state index contributed by atoms with van der Waals surface area (Å²) in [4.78, 5) is 6.96. The summed E-state index contributed by atoms with van der Waals surface area (Å²) in [5, 5.41) is 9.68. The SMILES string of the molecule is Cl.NCc1ccc(O)c(-c2cnc(C(F)(F)F)cn2)c1.